The van der Waals surface area contributed by atoms with Gasteiger partial charge in [0.15, 0.2) is 0 Å². The van der Waals surface area contributed by atoms with Crippen molar-refractivity contribution in [3.63, 3.8) is 0 Å². The molecule has 1 fully saturated rings. The Morgan fingerprint density at radius 3 is 2.72 bits per heavy atom. The lowest BCUT2D eigenvalue weighted by Gasteiger charge is -2.35. The number of rotatable bonds is 4. The van der Waals surface area contributed by atoms with Gasteiger partial charge in [0.25, 0.3) is 0 Å². The lowest BCUT2D eigenvalue weighted by Crippen LogP contribution is -2.45. The molecule has 7 heteroatoms. The van der Waals surface area contributed by atoms with Crippen LogP contribution in [0.3, 0.4) is 0 Å². The molecule has 142 valence electrons. The maximum absolute atomic E-state index is 9.96. The highest BCUT2D eigenvalue weighted by atomic mass is 35.5. The van der Waals surface area contributed by atoms with E-state index in [2.05, 4.69) is 41.9 Å². The van der Waals surface area contributed by atoms with Crippen LogP contribution in [0.1, 0.15) is 37.7 Å². The summed E-state index contributed by atoms with van der Waals surface area (Å²) < 4.78 is 8.36. The minimum absolute atomic E-state index is 0. The summed E-state index contributed by atoms with van der Waals surface area (Å²) in [6.45, 7) is 9.81. The molecule has 1 aromatic heterocycles. The van der Waals surface area contributed by atoms with Crippen molar-refractivity contribution >= 4 is 35.8 Å². The van der Waals surface area contributed by atoms with Crippen LogP contribution >= 0.6 is 24.8 Å². The largest absolute Gasteiger partial charge is 0.388 e. The minimum Gasteiger partial charge on any atom is -0.388 e. The summed E-state index contributed by atoms with van der Waals surface area (Å²) in [6.07, 6.45) is 1.03. The fourth-order valence-electron chi connectivity index (χ4n) is 3.34. The van der Waals surface area contributed by atoms with Crippen molar-refractivity contribution in [1.82, 2.24) is 14.9 Å². The summed E-state index contributed by atoms with van der Waals surface area (Å²) in [5.74, 6) is 1.02. The Morgan fingerprint density at radius 2 is 2.04 bits per heavy atom. The number of ether oxygens (including phenoxy) is 1. The van der Waals surface area contributed by atoms with E-state index in [4.69, 9.17) is 9.72 Å². The summed E-state index contributed by atoms with van der Waals surface area (Å²) in [4.78, 5) is 4.73. The highest BCUT2D eigenvalue weighted by Crippen LogP contribution is 2.29. The Labute approximate surface area is 162 Å². The molecule has 25 heavy (non-hydrogen) atoms. The van der Waals surface area contributed by atoms with Crippen LogP contribution in [0.4, 0.5) is 0 Å². The van der Waals surface area contributed by atoms with E-state index in [1.54, 1.807) is 13.8 Å². The highest BCUT2D eigenvalue weighted by Gasteiger charge is 2.30. The zero-order valence-corrected chi connectivity index (χ0v) is 16.9. The minimum atomic E-state index is -0.814. The third kappa shape index (κ3) is 5.08. The molecule has 0 saturated carbocycles. The number of halogens is 2. The van der Waals surface area contributed by atoms with E-state index < -0.39 is 5.60 Å². The Hall–Kier alpha value is -0.850. The van der Waals surface area contributed by atoms with E-state index in [-0.39, 0.29) is 37.0 Å². The normalized spacial score (nSPS) is 20.8. The number of imidazole rings is 1. The van der Waals surface area contributed by atoms with Crippen molar-refractivity contribution < 1.29 is 9.84 Å². The molecule has 0 bridgehead atoms. The summed E-state index contributed by atoms with van der Waals surface area (Å²) in [5, 5.41) is 13.4. The number of aliphatic hydroxyl groups is 1. The van der Waals surface area contributed by atoms with E-state index >= 15 is 0 Å². The van der Waals surface area contributed by atoms with Gasteiger partial charge in [-0.2, -0.15) is 0 Å². The monoisotopic (exact) mass is 389 g/mol. The molecule has 2 heterocycles. The van der Waals surface area contributed by atoms with E-state index in [1.165, 1.54) is 5.56 Å². The number of piperidine rings is 1. The first-order chi connectivity index (χ1) is 10.8. The molecule has 2 atom stereocenters. The molecule has 0 radical (unpaired) electrons. The van der Waals surface area contributed by atoms with Gasteiger partial charge in [-0.1, -0.05) is 6.07 Å². The Morgan fingerprint density at radius 1 is 1.32 bits per heavy atom. The first-order valence-corrected chi connectivity index (χ1v) is 8.35. The number of nitrogens with one attached hydrogen (secondary N) is 1. The van der Waals surface area contributed by atoms with Crippen LogP contribution < -0.4 is 5.32 Å². The molecule has 1 saturated heterocycles. The van der Waals surface area contributed by atoms with Crippen LogP contribution in [0.5, 0.6) is 0 Å². The Balaban J connectivity index is 0.00000156. The van der Waals surface area contributed by atoms with Crippen molar-refractivity contribution in [3.8, 4) is 0 Å². The third-order valence-electron chi connectivity index (χ3n) is 4.40. The van der Waals surface area contributed by atoms with Crippen LogP contribution in [0.25, 0.3) is 11.0 Å². The SMILES string of the molecule is Cc1ccc2c(c1)nc(C)n2[C@@H]1CCNC[C@H]1OCC(C)(C)O.Cl.Cl. The summed E-state index contributed by atoms with van der Waals surface area (Å²) in [7, 11) is 0. The number of nitrogens with zero attached hydrogens (tertiary/aromatic N) is 2. The van der Waals surface area contributed by atoms with Crippen LogP contribution in [-0.4, -0.2) is 46.1 Å². The fraction of sp³-hybridized carbons (Fsp3) is 0.611. The maximum Gasteiger partial charge on any atom is 0.107 e. The van der Waals surface area contributed by atoms with Gasteiger partial charge in [0.2, 0.25) is 0 Å². The van der Waals surface area contributed by atoms with Gasteiger partial charge in [-0.25, -0.2) is 4.98 Å². The lowest BCUT2D eigenvalue weighted by atomic mass is 10.0. The molecule has 5 nitrogen and oxygen atoms in total. The first kappa shape index (κ1) is 22.2. The molecule has 1 aliphatic heterocycles. The molecule has 0 amide bonds. The van der Waals surface area contributed by atoms with Crippen LogP contribution in [0, 0.1) is 13.8 Å². The van der Waals surface area contributed by atoms with E-state index in [1.807, 2.05) is 0 Å². The molecular formula is C18H29Cl2N3O2. The second kappa shape index (κ2) is 8.69. The predicted octanol–water partition coefficient (Wildman–Crippen LogP) is 3.19. The van der Waals surface area contributed by atoms with Gasteiger partial charge in [0.05, 0.1) is 35.4 Å². The van der Waals surface area contributed by atoms with E-state index in [0.29, 0.717) is 6.61 Å². The van der Waals surface area contributed by atoms with Crippen LogP contribution in [0.15, 0.2) is 18.2 Å². The Kier molecular flexibility index (Phi) is 7.71. The summed E-state index contributed by atoms with van der Waals surface area (Å²) >= 11 is 0. The third-order valence-corrected chi connectivity index (χ3v) is 4.40. The zero-order chi connectivity index (χ0) is 16.6. The molecular weight excluding hydrogens is 361 g/mol. The molecule has 1 aliphatic rings. The maximum atomic E-state index is 9.96. The van der Waals surface area contributed by atoms with Gasteiger partial charge in [0.1, 0.15) is 5.82 Å². The number of benzene rings is 1. The number of aryl methyl sites for hydroxylation is 2. The summed E-state index contributed by atoms with van der Waals surface area (Å²) in [5.41, 5.74) is 2.62. The van der Waals surface area contributed by atoms with E-state index in [0.717, 1.165) is 36.4 Å². The van der Waals surface area contributed by atoms with E-state index in [9.17, 15) is 5.11 Å². The van der Waals surface area contributed by atoms with Gasteiger partial charge in [0, 0.05) is 6.54 Å². The van der Waals surface area contributed by atoms with Crippen LogP contribution in [-0.2, 0) is 4.74 Å². The standard InChI is InChI=1S/C18H27N3O2.2ClH/c1-12-5-6-15-14(9-12)20-13(2)21(15)16-7-8-19-10-17(16)23-11-18(3,4)22;;/h5-6,9,16-17,19,22H,7-8,10-11H2,1-4H3;2*1H/t16-,17-;;/m1../s1. The molecule has 2 N–H and O–H groups in total. The molecule has 0 aliphatic carbocycles. The molecule has 1 aromatic carbocycles. The average Bonchev–Trinajstić information content (AvgIpc) is 2.79. The number of fused-ring (bicyclic) bond motifs is 1. The smallest absolute Gasteiger partial charge is 0.107 e. The zero-order valence-electron chi connectivity index (χ0n) is 15.3. The quantitative estimate of drug-likeness (QED) is 0.842. The van der Waals surface area contributed by atoms with Crippen molar-refractivity contribution in [2.75, 3.05) is 19.7 Å². The average molecular weight is 390 g/mol. The number of aromatic nitrogens is 2. The van der Waals surface area contributed by atoms with Crippen LogP contribution in [0.2, 0.25) is 0 Å². The molecule has 3 rings (SSSR count). The number of hydrogen-bond acceptors (Lipinski definition) is 4. The topological polar surface area (TPSA) is 59.3 Å². The van der Waals surface area contributed by atoms with Gasteiger partial charge in [-0.15, -0.1) is 24.8 Å². The molecule has 2 aromatic rings. The van der Waals surface area contributed by atoms with Gasteiger partial charge >= 0.3 is 0 Å². The lowest BCUT2D eigenvalue weighted by molar-refractivity contribution is -0.0730. The first-order valence-electron chi connectivity index (χ1n) is 8.35. The second-order valence-corrected chi connectivity index (χ2v) is 7.24. The van der Waals surface area contributed by atoms with Crippen molar-refractivity contribution in [1.29, 1.82) is 0 Å². The highest BCUT2D eigenvalue weighted by molar-refractivity contribution is 5.85. The van der Waals surface area contributed by atoms with Gasteiger partial charge < -0.3 is 19.7 Å². The van der Waals surface area contributed by atoms with Gasteiger partial charge in [-0.3, -0.25) is 0 Å². The van der Waals surface area contributed by atoms with Gasteiger partial charge in [-0.05, 0) is 58.4 Å². The summed E-state index contributed by atoms with van der Waals surface area (Å²) in [6, 6.07) is 6.66. The van der Waals surface area contributed by atoms with Crippen molar-refractivity contribution in [2.45, 2.75) is 51.9 Å². The van der Waals surface area contributed by atoms with Crippen molar-refractivity contribution in [3.05, 3.63) is 29.6 Å². The second-order valence-electron chi connectivity index (χ2n) is 7.24. The van der Waals surface area contributed by atoms with Crippen molar-refractivity contribution in [2.24, 2.45) is 0 Å². The fourth-order valence-corrected chi connectivity index (χ4v) is 3.34. The molecule has 0 unspecified atom stereocenters. The predicted molar refractivity (Wildman–Crippen MR) is 106 cm³/mol. The number of hydrogen-bond donors (Lipinski definition) is 2. The Bertz CT molecular complexity index is 697. The molecule has 0 spiro atoms.